The minimum atomic E-state index is -2.66. The van der Waals surface area contributed by atoms with E-state index in [1.165, 1.54) is 23.0 Å². The van der Waals surface area contributed by atoms with E-state index in [0.717, 1.165) is 17.4 Å². The van der Waals surface area contributed by atoms with Gasteiger partial charge in [-0.1, -0.05) is 18.2 Å². The molecule has 0 spiro atoms. The summed E-state index contributed by atoms with van der Waals surface area (Å²) in [5, 5.41) is 7.12. The summed E-state index contributed by atoms with van der Waals surface area (Å²) in [4.78, 5) is 17.0. The Labute approximate surface area is 152 Å². The number of hydrogen-bond acceptors (Lipinski definition) is 3. The first-order valence-electron chi connectivity index (χ1n) is 8.66. The highest BCUT2D eigenvalue weighted by atomic mass is 19.3. The number of rotatable bonds is 4. The fraction of sp³-hybridized carbons (Fsp3) is 0.211. The predicted octanol–water partition coefficient (Wildman–Crippen LogP) is 3.69. The summed E-state index contributed by atoms with van der Waals surface area (Å²) < 4.78 is 29.6. The Morgan fingerprint density at radius 2 is 1.93 bits per heavy atom. The molecule has 3 heterocycles. The molecule has 1 saturated carbocycles. The molecule has 0 bridgehead atoms. The molecule has 5 rings (SSSR count). The van der Waals surface area contributed by atoms with Crippen LogP contribution in [0.2, 0.25) is 0 Å². The summed E-state index contributed by atoms with van der Waals surface area (Å²) in [6, 6.07) is 12.0. The van der Waals surface area contributed by atoms with Crippen molar-refractivity contribution in [3.05, 3.63) is 70.4 Å². The number of aromatic nitrogens is 5. The van der Waals surface area contributed by atoms with Gasteiger partial charge in [0, 0.05) is 17.7 Å². The number of nitrogens with one attached hydrogen (secondary N) is 1. The van der Waals surface area contributed by atoms with Crippen LogP contribution in [0.25, 0.3) is 22.6 Å². The van der Waals surface area contributed by atoms with Crippen LogP contribution in [0, 0.1) is 0 Å². The van der Waals surface area contributed by atoms with Crippen LogP contribution < -0.4 is 5.56 Å². The molecule has 0 unspecified atom stereocenters. The van der Waals surface area contributed by atoms with Crippen LogP contribution in [0.4, 0.5) is 8.78 Å². The minimum Gasteiger partial charge on any atom is -0.290 e. The second-order valence-electron chi connectivity index (χ2n) is 6.65. The topological polar surface area (TPSA) is 68.0 Å². The number of alkyl halides is 2. The van der Waals surface area contributed by atoms with Gasteiger partial charge in [0.2, 0.25) is 0 Å². The number of fused-ring (bicyclic) bond motifs is 1. The van der Waals surface area contributed by atoms with Gasteiger partial charge in [0.25, 0.3) is 12.0 Å². The maximum Gasteiger partial charge on any atom is 0.280 e. The van der Waals surface area contributed by atoms with Crippen LogP contribution in [-0.4, -0.2) is 24.4 Å². The van der Waals surface area contributed by atoms with Crippen molar-refractivity contribution in [2.24, 2.45) is 0 Å². The molecule has 0 amide bonds. The maximum absolute atomic E-state index is 13.5. The molecule has 0 aliphatic heterocycles. The average molecular weight is 367 g/mol. The molecule has 0 radical (unpaired) electrons. The van der Waals surface area contributed by atoms with Crippen LogP contribution in [0.15, 0.2) is 53.5 Å². The van der Waals surface area contributed by atoms with E-state index in [0.29, 0.717) is 28.3 Å². The number of nitrogens with zero attached hydrogens (tertiary/aromatic N) is 4. The molecule has 136 valence electrons. The first-order valence-corrected chi connectivity index (χ1v) is 8.66. The highest BCUT2D eigenvalue weighted by Crippen LogP contribution is 2.40. The van der Waals surface area contributed by atoms with E-state index in [1.807, 2.05) is 18.2 Å². The van der Waals surface area contributed by atoms with Crippen molar-refractivity contribution in [1.29, 1.82) is 0 Å². The molecule has 1 N–H and O–H groups in total. The Hall–Kier alpha value is -3.29. The first kappa shape index (κ1) is 15.9. The zero-order chi connectivity index (χ0) is 18.5. The van der Waals surface area contributed by atoms with E-state index < -0.39 is 6.43 Å². The fourth-order valence-electron chi connectivity index (χ4n) is 3.24. The zero-order valence-corrected chi connectivity index (χ0v) is 14.1. The lowest BCUT2D eigenvalue weighted by Crippen LogP contribution is -2.12. The summed E-state index contributed by atoms with van der Waals surface area (Å²) in [6.45, 7) is 0. The van der Waals surface area contributed by atoms with Gasteiger partial charge in [0.1, 0.15) is 5.69 Å². The fourth-order valence-corrected chi connectivity index (χ4v) is 3.24. The van der Waals surface area contributed by atoms with Gasteiger partial charge in [-0.25, -0.2) is 23.0 Å². The summed E-state index contributed by atoms with van der Waals surface area (Å²) in [7, 11) is 0. The van der Waals surface area contributed by atoms with Crippen LogP contribution in [-0.2, 0) is 0 Å². The van der Waals surface area contributed by atoms with Crippen molar-refractivity contribution >= 4 is 5.65 Å². The van der Waals surface area contributed by atoms with Gasteiger partial charge in [-0.05, 0) is 31.0 Å². The summed E-state index contributed by atoms with van der Waals surface area (Å²) >= 11 is 0. The van der Waals surface area contributed by atoms with Gasteiger partial charge in [-0.3, -0.25) is 9.89 Å². The van der Waals surface area contributed by atoms with Gasteiger partial charge < -0.3 is 0 Å². The molecular formula is C19H15F2N5O. The molecule has 8 heteroatoms. The third-order valence-electron chi connectivity index (χ3n) is 4.76. The van der Waals surface area contributed by atoms with E-state index in [9.17, 15) is 13.6 Å². The zero-order valence-electron chi connectivity index (χ0n) is 14.1. The Bertz CT molecular complexity index is 1190. The molecule has 1 aromatic carbocycles. The molecule has 1 aliphatic rings. The third-order valence-corrected chi connectivity index (χ3v) is 4.76. The molecule has 1 fully saturated rings. The lowest BCUT2D eigenvalue weighted by molar-refractivity contribution is 0.143. The van der Waals surface area contributed by atoms with Gasteiger partial charge in [-0.2, -0.15) is 5.10 Å². The third kappa shape index (κ3) is 2.64. The maximum atomic E-state index is 13.5. The Balaban J connectivity index is 1.69. The predicted molar refractivity (Wildman–Crippen MR) is 95.3 cm³/mol. The number of H-pyrrole nitrogens is 1. The number of aromatic amines is 1. The van der Waals surface area contributed by atoms with E-state index in [1.54, 1.807) is 12.1 Å². The number of hydrogen-bond donors (Lipinski definition) is 1. The monoisotopic (exact) mass is 367 g/mol. The Morgan fingerprint density at radius 3 is 2.63 bits per heavy atom. The van der Waals surface area contributed by atoms with Crippen molar-refractivity contribution in [3.8, 4) is 16.9 Å². The van der Waals surface area contributed by atoms with Crippen LogP contribution in [0.1, 0.15) is 36.6 Å². The van der Waals surface area contributed by atoms with Gasteiger partial charge in [0.05, 0.1) is 23.1 Å². The van der Waals surface area contributed by atoms with Crippen LogP contribution >= 0.6 is 0 Å². The molecule has 0 saturated heterocycles. The van der Waals surface area contributed by atoms with Gasteiger partial charge in [-0.15, -0.1) is 0 Å². The highest BCUT2D eigenvalue weighted by molar-refractivity contribution is 5.74. The number of benzene rings is 1. The second kappa shape index (κ2) is 5.87. The number of para-hydroxylation sites is 1. The standard InChI is InChI=1S/C19H15F2N5O/c20-18(21)16-8-14(11-6-7-11)23-19-13(10-22-26(16)19)15-9-17(27)25(24-15)12-4-2-1-3-5-12/h1-5,8-11,18,24H,6-7H2. The van der Waals surface area contributed by atoms with E-state index >= 15 is 0 Å². The Morgan fingerprint density at radius 1 is 1.15 bits per heavy atom. The lowest BCUT2D eigenvalue weighted by Gasteiger charge is -2.07. The van der Waals surface area contributed by atoms with Crippen LogP contribution in [0.5, 0.6) is 0 Å². The highest BCUT2D eigenvalue weighted by Gasteiger charge is 2.28. The molecule has 6 nitrogen and oxygen atoms in total. The van der Waals surface area contributed by atoms with E-state index in [4.69, 9.17) is 0 Å². The summed E-state index contributed by atoms with van der Waals surface area (Å²) in [6.07, 6.45) is 0.715. The van der Waals surface area contributed by atoms with Crippen molar-refractivity contribution in [1.82, 2.24) is 24.4 Å². The molecule has 27 heavy (non-hydrogen) atoms. The number of halogens is 2. The van der Waals surface area contributed by atoms with Crippen molar-refractivity contribution in [3.63, 3.8) is 0 Å². The quantitative estimate of drug-likeness (QED) is 0.598. The second-order valence-corrected chi connectivity index (χ2v) is 6.65. The minimum absolute atomic E-state index is 0.182. The Kier molecular flexibility index (Phi) is 3.46. The molecule has 3 aromatic heterocycles. The summed E-state index contributed by atoms with van der Waals surface area (Å²) in [5.41, 5.74) is 2.25. The molecule has 0 atom stereocenters. The molecule has 4 aromatic rings. The van der Waals surface area contributed by atoms with Crippen LogP contribution in [0.3, 0.4) is 0 Å². The van der Waals surface area contributed by atoms with Crippen molar-refractivity contribution in [2.45, 2.75) is 25.2 Å². The van der Waals surface area contributed by atoms with E-state index in [-0.39, 0.29) is 17.2 Å². The van der Waals surface area contributed by atoms with Crippen molar-refractivity contribution < 1.29 is 8.78 Å². The molecular weight excluding hydrogens is 352 g/mol. The lowest BCUT2D eigenvalue weighted by atomic mass is 10.2. The summed E-state index contributed by atoms with van der Waals surface area (Å²) in [5.74, 6) is 0.225. The first-order chi connectivity index (χ1) is 13.1. The largest absolute Gasteiger partial charge is 0.290 e. The van der Waals surface area contributed by atoms with Crippen molar-refractivity contribution in [2.75, 3.05) is 0 Å². The SMILES string of the molecule is O=c1cc(-c2cnn3c(C(F)F)cc(C4CC4)nc23)[nH]n1-c1ccccc1. The average Bonchev–Trinajstić information content (AvgIpc) is 3.33. The van der Waals surface area contributed by atoms with Gasteiger partial charge in [0.15, 0.2) is 5.65 Å². The normalized spacial score (nSPS) is 14.3. The van der Waals surface area contributed by atoms with Gasteiger partial charge >= 0.3 is 0 Å². The smallest absolute Gasteiger partial charge is 0.280 e. The molecule has 1 aliphatic carbocycles. The van der Waals surface area contributed by atoms with E-state index in [2.05, 4.69) is 15.2 Å².